The van der Waals surface area contributed by atoms with E-state index in [2.05, 4.69) is 17.1 Å². The Bertz CT molecular complexity index is 386. The smallest absolute Gasteiger partial charge is 0.317 e. The van der Waals surface area contributed by atoms with Gasteiger partial charge in [0.1, 0.15) is 5.92 Å². The molecular formula is C14H25N3O4. The first-order chi connectivity index (χ1) is 10.0. The van der Waals surface area contributed by atoms with E-state index in [0.29, 0.717) is 12.6 Å². The summed E-state index contributed by atoms with van der Waals surface area (Å²) in [5.41, 5.74) is 0. The summed E-state index contributed by atoms with van der Waals surface area (Å²) in [5.74, 6) is -1.55. The maximum atomic E-state index is 12.1. The van der Waals surface area contributed by atoms with Gasteiger partial charge in [-0.05, 0) is 19.4 Å². The average molecular weight is 299 g/mol. The van der Waals surface area contributed by atoms with Gasteiger partial charge in [-0.3, -0.25) is 9.69 Å². The van der Waals surface area contributed by atoms with Crippen molar-refractivity contribution in [3.63, 3.8) is 0 Å². The van der Waals surface area contributed by atoms with Crippen molar-refractivity contribution in [3.05, 3.63) is 0 Å². The number of ether oxygens (including phenoxy) is 1. The fourth-order valence-electron chi connectivity index (χ4n) is 2.78. The molecule has 2 aliphatic rings. The molecule has 0 spiro atoms. The predicted octanol–water partition coefficient (Wildman–Crippen LogP) is 0.212. The summed E-state index contributed by atoms with van der Waals surface area (Å²) in [4.78, 5) is 27.0. The second-order valence-corrected chi connectivity index (χ2v) is 5.75. The van der Waals surface area contributed by atoms with Gasteiger partial charge >= 0.3 is 12.0 Å². The van der Waals surface area contributed by atoms with Gasteiger partial charge in [0, 0.05) is 26.2 Å². The zero-order valence-electron chi connectivity index (χ0n) is 12.7. The van der Waals surface area contributed by atoms with Crippen molar-refractivity contribution in [1.82, 2.24) is 15.1 Å². The number of carbonyl (C=O) groups excluding carboxylic acids is 1. The van der Waals surface area contributed by atoms with Crippen LogP contribution in [-0.2, 0) is 9.53 Å². The van der Waals surface area contributed by atoms with Gasteiger partial charge in [0.05, 0.1) is 19.3 Å². The first-order valence-corrected chi connectivity index (χ1v) is 7.59. The van der Waals surface area contributed by atoms with Crippen LogP contribution in [0, 0.1) is 5.92 Å². The first kappa shape index (κ1) is 16.0. The molecular weight excluding hydrogens is 274 g/mol. The number of nitrogens with zero attached hydrogens (tertiary/aromatic N) is 2. The molecule has 2 N–H and O–H groups in total. The SMILES string of the molecule is CCN(CCNC(=O)N(C)C1COCC1C(=O)O)C1CC1. The summed E-state index contributed by atoms with van der Waals surface area (Å²) in [6, 6.07) is 0.0565. The van der Waals surface area contributed by atoms with E-state index in [4.69, 9.17) is 9.84 Å². The lowest BCUT2D eigenvalue weighted by atomic mass is 10.0. The van der Waals surface area contributed by atoms with Crippen LogP contribution in [0.5, 0.6) is 0 Å². The minimum absolute atomic E-state index is 0.170. The molecule has 21 heavy (non-hydrogen) atoms. The summed E-state index contributed by atoms with van der Waals surface area (Å²) in [6.07, 6.45) is 2.50. The third-order valence-corrected chi connectivity index (χ3v) is 4.33. The van der Waals surface area contributed by atoms with Crippen molar-refractivity contribution in [2.45, 2.75) is 31.8 Å². The lowest BCUT2D eigenvalue weighted by Gasteiger charge is -2.27. The second-order valence-electron chi connectivity index (χ2n) is 5.75. The number of likely N-dealkylation sites (N-methyl/N-ethyl adjacent to an activating group) is 2. The highest BCUT2D eigenvalue weighted by molar-refractivity contribution is 5.77. The number of hydrogen-bond acceptors (Lipinski definition) is 4. The maximum absolute atomic E-state index is 12.1. The molecule has 0 aromatic carbocycles. The van der Waals surface area contributed by atoms with Crippen molar-refractivity contribution in [1.29, 1.82) is 0 Å². The lowest BCUT2D eigenvalue weighted by Crippen LogP contribution is -2.49. The Kier molecular flexibility index (Phi) is 5.41. The van der Waals surface area contributed by atoms with E-state index in [0.717, 1.165) is 13.1 Å². The Morgan fingerprint density at radius 3 is 2.62 bits per heavy atom. The molecule has 2 unspecified atom stereocenters. The van der Waals surface area contributed by atoms with E-state index < -0.39 is 17.9 Å². The molecule has 1 saturated carbocycles. The Morgan fingerprint density at radius 1 is 1.33 bits per heavy atom. The number of carboxylic acid groups (broad SMARTS) is 1. The van der Waals surface area contributed by atoms with Gasteiger partial charge in [-0.15, -0.1) is 0 Å². The molecule has 7 heteroatoms. The van der Waals surface area contributed by atoms with Crippen molar-refractivity contribution in [2.24, 2.45) is 5.92 Å². The Hall–Kier alpha value is -1.34. The van der Waals surface area contributed by atoms with Gasteiger partial charge in [-0.25, -0.2) is 4.79 Å². The van der Waals surface area contributed by atoms with Crippen LogP contribution in [0.2, 0.25) is 0 Å². The number of hydrogen-bond donors (Lipinski definition) is 2. The van der Waals surface area contributed by atoms with Crippen LogP contribution >= 0.6 is 0 Å². The minimum atomic E-state index is -0.914. The molecule has 0 aromatic heterocycles. The highest BCUT2D eigenvalue weighted by Crippen LogP contribution is 2.25. The molecule has 2 amide bonds. The van der Waals surface area contributed by atoms with E-state index in [9.17, 15) is 9.59 Å². The molecule has 2 atom stereocenters. The summed E-state index contributed by atoms with van der Waals surface area (Å²) in [5, 5.41) is 12.0. The van der Waals surface area contributed by atoms with Gasteiger partial charge in [-0.2, -0.15) is 0 Å². The molecule has 1 aliphatic heterocycles. The van der Waals surface area contributed by atoms with Crippen LogP contribution in [0.4, 0.5) is 4.79 Å². The van der Waals surface area contributed by atoms with Crippen LogP contribution in [0.25, 0.3) is 0 Å². The van der Waals surface area contributed by atoms with Crippen molar-refractivity contribution >= 4 is 12.0 Å². The molecule has 2 rings (SSSR count). The van der Waals surface area contributed by atoms with E-state index in [1.165, 1.54) is 17.7 Å². The van der Waals surface area contributed by atoms with Crippen LogP contribution in [0.1, 0.15) is 19.8 Å². The molecule has 2 fully saturated rings. The van der Waals surface area contributed by atoms with Crippen LogP contribution in [0.3, 0.4) is 0 Å². The van der Waals surface area contributed by atoms with E-state index in [-0.39, 0.29) is 19.2 Å². The number of rotatable bonds is 7. The molecule has 0 aromatic rings. The van der Waals surface area contributed by atoms with Gasteiger partial charge in [0.2, 0.25) is 0 Å². The molecule has 1 aliphatic carbocycles. The Balaban J connectivity index is 1.75. The number of nitrogens with one attached hydrogen (secondary N) is 1. The fourth-order valence-corrected chi connectivity index (χ4v) is 2.78. The maximum Gasteiger partial charge on any atom is 0.317 e. The highest BCUT2D eigenvalue weighted by atomic mass is 16.5. The topological polar surface area (TPSA) is 82.1 Å². The number of carbonyl (C=O) groups is 2. The summed E-state index contributed by atoms with van der Waals surface area (Å²) < 4.78 is 5.19. The van der Waals surface area contributed by atoms with Crippen LogP contribution in [0.15, 0.2) is 0 Å². The zero-order chi connectivity index (χ0) is 15.4. The van der Waals surface area contributed by atoms with Crippen LogP contribution in [-0.4, -0.2) is 78.9 Å². The molecule has 7 nitrogen and oxygen atoms in total. The van der Waals surface area contributed by atoms with Crippen molar-refractivity contribution in [2.75, 3.05) is 39.9 Å². The Morgan fingerprint density at radius 2 is 2.05 bits per heavy atom. The molecule has 0 bridgehead atoms. The zero-order valence-corrected chi connectivity index (χ0v) is 12.7. The quantitative estimate of drug-likeness (QED) is 0.702. The van der Waals surface area contributed by atoms with E-state index in [1.807, 2.05) is 0 Å². The van der Waals surface area contributed by atoms with E-state index in [1.54, 1.807) is 7.05 Å². The number of urea groups is 1. The fraction of sp³-hybridized carbons (Fsp3) is 0.857. The molecule has 120 valence electrons. The van der Waals surface area contributed by atoms with Crippen LogP contribution < -0.4 is 5.32 Å². The molecule has 1 heterocycles. The lowest BCUT2D eigenvalue weighted by molar-refractivity contribution is -0.142. The van der Waals surface area contributed by atoms with Gasteiger partial charge in [0.25, 0.3) is 0 Å². The third-order valence-electron chi connectivity index (χ3n) is 4.33. The van der Waals surface area contributed by atoms with Gasteiger partial charge in [-0.1, -0.05) is 6.92 Å². The number of aliphatic carboxylic acids is 1. The highest BCUT2D eigenvalue weighted by Gasteiger charge is 2.38. The second kappa shape index (κ2) is 7.09. The summed E-state index contributed by atoms with van der Waals surface area (Å²) in [6.45, 7) is 4.99. The normalized spacial score (nSPS) is 25.1. The first-order valence-electron chi connectivity index (χ1n) is 7.59. The largest absolute Gasteiger partial charge is 0.481 e. The minimum Gasteiger partial charge on any atom is -0.481 e. The summed E-state index contributed by atoms with van der Waals surface area (Å²) >= 11 is 0. The molecule has 0 radical (unpaired) electrons. The predicted molar refractivity (Wildman–Crippen MR) is 77.2 cm³/mol. The van der Waals surface area contributed by atoms with Gasteiger partial charge in [0.15, 0.2) is 0 Å². The van der Waals surface area contributed by atoms with Crippen molar-refractivity contribution in [3.8, 4) is 0 Å². The number of amides is 2. The summed E-state index contributed by atoms with van der Waals surface area (Å²) in [7, 11) is 1.63. The third kappa shape index (κ3) is 4.07. The van der Waals surface area contributed by atoms with E-state index >= 15 is 0 Å². The standard InChI is InChI=1S/C14H25N3O4/c1-3-17(10-4-5-10)7-6-15-14(20)16(2)12-9-21-8-11(12)13(18)19/h10-12H,3-9H2,1-2H3,(H,15,20)(H,18,19). The monoisotopic (exact) mass is 299 g/mol. The molecule has 1 saturated heterocycles. The number of carboxylic acids is 1. The van der Waals surface area contributed by atoms with Crippen molar-refractivity contribution < 1.29 is 19.4 Å². The Labute approximate surface area is 125 Å². The van der Waals surface area contributed by atoms with Gasteiger partial charge < -0.3 is 20.1 Å². The average Bonchev–Trinajstić information content (AvgIpc) is 3.17.